The van der Waals surface area contributed by atoms with Gasteiger partial charge in [0.1, 0.15) is 5.75 Å². The number of methoxy groups -OCH3 is 1. The fourth-order valence-electron chi connectivity index (χ4n) is 2.48. The van der Waals surface area contributed by atoms with Crippen LogP contribution >= 0.6 is 0 Å². The maximum atomic E-state index is 12.6. The number of sulfonamides is 1. The second-order valence-electron chi connectivity index (χ2n) is 5.52. The van der Waals surface area contributed by atoms with Crippen LogP contribution in [0.4, 0.5) is 0 Å². The van der Waals surface area contributed by atoms with Crippen LogP contribution in [0.15, 0.2) is 23.1 Å². The summed E-state index contributed by atoms with van der Waals surface area (Å²) >= 11 is 0. The van der Waals surface area contributed by atoms with E-state index in [0.29, 0.717) is 18.8 Å². The molecule has 0 atom stereocenters. The van der Waals surface area contributed by atoms with Crippen molar-refractivity contribution >= 4 is 15.9 Å². The van der Waals surface area contributed by atoms with Gasteiger partial charge in [-0.3, -0.25) is 4.79 Å². The van der Waals surface area contributed by atoms with Gasteiger partial charge in [-0.15, -0.1) is 0 Å². The number of carbonyl (C=O) groups excluding carboxylic acids is 1. The Morgan fingerprint density at radius 1 is 1.35 bits per heavy atom. The molecule has 1 amide bonds. The van der Waals surface area contributed by atoms with Crippen molar-refractivity contribution in [2.45, 2.75) is 11.8 Å². The standard InChI is InChI=1S/C15H23N3O4S/c1-12-10-13(4-5-14(12)22-3)23(20,21)17(2)11-15(19)18-8-6-16-7-9-18/h4-5,10,16H,6-9,11H2,1-3H3. The normalized spacial score (nSPS) is 15.7. The van der Waals surface area contributed by atoms with E-state index in [0.717, 1.165) is 23.0 Å². The zero-order valence-electron chi connectivity index (χ0n) is 13.7. The predicted molar refractivity (Wildman–Crippen MR) is 87.0 cm³/mol. The van der Waals surface area contributed by atoms with E-state index < -0.39 is 10.0 Å². The number of nitrogens with zero attached hydrogens (tertiary/aromatic N) is 2. The highest BCUT2D eigenvalue weighted by molar-refractivity contribution is 7.89. The summed E-state index contributed by atoms with van der Waals surface area (Å²) in [6.07, 6.45) is 0. The average Bonchev–Trinajstić information content (AvgIpc) is 2.55. The van der Waals surface area contributed by atoms with Crippen molar-refractivity contribution in [3.8, 4) is 5.75 Å². The lowest BCUT2D eigenvalue weighted by atomic mass is 10.2. The monoisotopic (exact) mass is 341 g/mol. The number of nitrogens with one attached hydrogen (secondary N) is 1. The first-order valence-electron chi connectivity index (χ1n) is 7.45. The van der Waals surface area contributed by atoms with Crippen LogP contribution in [-0.4, -0.2) is 70.4 Å². The number of amides is 1. The van der Waals surface area contributed by atoms with Gasteiger partial charge < -0.3 is 15.0 Å². The zero-order valence-corrected chi connectivity index (χ0v) is 14.5. The van der Waals surface area contributed by atoms with Crippen LogP contribution < -0.4 is 10.1 Å². The van der Waals surface area contributed by atoms with E-state index in [1.807, 2.05) is 0 Å². The number of rotatable bonds is 5. The molecule has 1 aliphatic heterocycles. The number of piperazine rings is 1. The number of aryl methyl sites for hydroxylation is 1. The maximum absolute atomic E-state index is 12.6. The first-order chi connectivity index (χ1) is 10.9. The van der Waals surface area contributed by atoms with E-state index in [4.69, 9.17) is 4.74 Å². The summed E-state index contributed by atoms with van der Waals surface area (Å²) in [5.74, 6) is 0.450. The fraction of sp³-hybridized carbons (Fsp3) is 0.533. The molecule has 23 heavy (non-hydrogen) atoms. The summed E-state index contributed by atoms with van der Waals surface area (Å²) in [6, 6.07) is 4.67. The molecule has 1 N–H and O–H groups in total. The number of hydrogen-bond donors (Lipinski definition) is 1. The molecule has 1 aliphatic rings. The zero-order chi connectivity index (χ0) is 17.0. The fourth-order valence-corrected chi connectivity index (χ4v) is 3.69. The smallest absolute Gasteiger partial charge is 0.243 e. The average molecular weight is 341 g/mol. The van der Waals surface area contributed by atoms with Crippen molar-refractivity contribution in [3.63, 3.8) is 0 Å². The van der Waals surface area contributed by atoms with Crippen LogP contribution in [0.2, 0.25) is 0 Å². The molecular formula is C15H23N3O4S. The van der Waals surface area contributed by atoms with Gasteiger partial charge in [0, 0.05) is 33.2 Å². The van der Waals surface area contributed by atoms with Crippen LogP contribution in [0.25, 0.3) is 0 Å². The van der Waals surface area contributed by atoms with Gasteiger partial charge in [0.15, 0.2) is 0 Å². The molecule has 0 unspecified atom stereocenters. The van der Waals surface area contributed by atoms with Gasteiger partial charge in [0.2, 0.25) is 15.9 Å². The summed E-state index contributed by atoms with van der Waals surface area (Å²) in [4.78, 5) is 14.1. The summed E-state index contributed by atoms with van der Waals surface area (Å²) in [5.41, 5.74) is 0.732. The highest BCUT2D eigenvalue weighted by atomic mass is 32.2. The number of benzene rings is 1. The SMILES string of the molecule is COc1ccc(S(=O)(=O)N(C)CC(=O)N2CCNCC2)cc1C. The first-order valence-corrected chi connectivity index (χ1v) is 8.89. The highest BCUT2D eigenvalue weighted by Gasteiger charge is 2.26. The number of ether oxygens (including phenoxy) is 1. The highest BCUT2D eigenvalue weighted by Crippen LogP contribution is 2.23. The Morgan fingerprint density at radius 3 is 2.57 bits per heavy atom. The Balaban J connectivity index is 2.11. The van der Waals surface area contributed by atoms with E-state index >= 15 is 0 Å². The van der Waals surface area contributed by atoms with Crippen molar-refractivity contribution in [1.29, 1.82) is 0 Å². The lowest BCUT2D eigenvalue weighted by Gasteiger charge is -2.29. The van der Waals surface area contributed by atoms with Crippen LogP contribution in [0, 0.1) is 6.92 Å². The van der Waals surface area contributed by atoms with Crippen molar-refractivity contribution in [1.82, 2.24) is 14.5 Å². The van der Waals surface area contributed by atoms with Crippen molar-refractivity contribution in [2.75, 3.05) is 46.9 Å². The molecule has 0 spiro atoms. The number of carbonyl (C=O) groups is 1. The van der Waals surface area contributed by atoms with E-state index in [1.165, 1.54) is 20.2 Å². The first kappa shape index (κ1) is 17.7. The van der Waals surface area contributed by atoms with Crippen molar-refractivity contribution in [2.24, 2.45) is 0 Å². The van der Waals surface area contributed by atoms with Gasteiger partial charge in [-0.2, -0.15) is 4.31 Å². The molecule has 1 saturated heterocycles. The van der Waals surface area contributed by atoms with E-state index in [1.54, 1.807) is 24.0 Å². The molecule has 0 aliphatic carbocycles. The van der Waals surface area contributed by atoms with Gasteiger partial charge in [-0.25, -0.2) is 8.42 Å². The third-order valence-corrected chi connectivity index (χ3v) is 5.70. The molecule has 1 aromatic rings. The Labute approximate surface area is 137 Å². The minimum atomic E-state index is -3.71. The minimum absolute atomic E-state index is 0.159. The molecular weight excluding hydrogens is 318 g/mol. The van der Waals surface area contributed by atoms with Gasteiger partial charge in [0.25, 0.3) is 0 Å². The quantitative estimate of drug-likeness (QED) is 0.819. The Bertz CT molecular complexity index is 669. The van der Waals surface area contributed by atoms with Crippen LogP contribution in [0.1, 0.15) is 5.56 Å². The molecule has 1 fully saturated rings. The van der Waals surface area contributed by atoms with Gasteiger partial charge in [0.05, 0.1) is 18.6 Å². The summed E-state index contributed by atoms with van der Waals surface area (Å²) in [6.45, 7) is 4.31. The topological polar surface area (TPSA) is 79.0 Å². The second kappa shape index (κ2) is 7.29. The van der Waals surface area contributed by atoms with Crippen LogP contribution in [0.5, 0.6) is 5.75 Å². The Morgan fingerprint density at radius 2 is 2.00 bits per heavy atom. The van der Waals surface area contributed by atoms with E-state index in [2.05, 4.69) is 5.32 Å². The summed E-state index contributed by atoms with van der Waals surface area (Å²) < 4.78 is 31.4. The predicted octanol–water partition coefficient (Wildman–Crippen LogP) is 0.0559. The largest absolute Gasteiger partial charge is 0.496 e. The van der Waals surface area contributed by atoms with Crippen LogP contribution in [0.3, 0.4) is 0 Å². The molecule has 0 saturated carbocycles. The van der Waals surface area contributed by atoms with Crippen LogP contribution in [-0.2, 0) is 14.8 Å². The third-order valence-electron chi connectivity index (χ3n) is 3.90. The molecule has 1 aromatic carbocycles. The van der Waals surface area contributed by atoms with Gasteiger partial charge in [-0.05, 0) is 30.7 Å². The molecule has 0 bridgehead atoms. The second-order valence-corrected chi connectivity index (χ2v) is 7.57. The Hall–Kier alpha value is -1.64. The third kappa shape index (κ3) is 4.01. The molecule has 8 heteroatoms. The molecule has 1 heterocycles. The minimum Gasteiger partial charge on any atom is -0.496 e. The molecule has 0 aromatic heterocycles. The van der Waals surface area contributed by atoms with E-state index in [-0.39, 0.29) is 17.3 Å². The van der Waals surface area contributed by atoms with Crippen molar-refractivity contribution in [3.05, 3.63) is 23.8 Å². The lowest BCUT2D eigenvalue weighted by molar-refractivity contribution is -0.131. The maximum Gasteiger partial charge on any atom is 0.243 e. The van der Waals surface area contributed by atoms with Crippen molar-refractivity contribution < 1.29 is 17.9 Å². The Kier molecular flexibility index (Phi) is 5.61. The number of likely N-dealkylation sites (N-methyl/N-ethyl adjacent to an activating group) is 1. The summed E-state index contributed by atoms with van der Waals surface area (Å²) in [5, 5.41) is 3.16. The summed E-state index contributed by atoms with van der Waals surface area (Å²) in [7, 11) is -0.743. The molecule has 128 valence electrons. The molecule has 2 rings (SSSR count). The van der Waals surface area contributed by atoms with E-state index in [9.17, 15) is 13.2 Å². The molecule has 7 nitrogen and oxygen atoms in total. The van der Waals surface area contributed by atoms with Gasteiger partial charge in [-0.1, -0.05) is 0 Å². The number of hydrogen-bond acceptors (Lipinski definition) is 5. The molecule has 0 radical (unpaired) electrons. The van der Waals surface area contributed by atoms with Gasteiger partial charge >= 0.3 is 0 Å². The lowest BCUT2D eigenvalue weighted by Crippen LogP contribution is -2.49.